The number of aromatic nitrogens is 2. The molecule has 184 valence electrons. The second-order valence-electron chi connectivity index (χ2n) is 9.42. The number of hydrogen-bond donors (Lipinski definition) is 0. The third-order valence-electron chi connectivity index (χ3n) is 6.88. The molecule has 6 heteroatoms. The van der Waals surface area contributed by atoms with Crippen molar-refractivity contribution in [3.05, 3.63) is 113 Å². The third kappa shape index (κ3) is 5.55. The number of pyridine rings is 1. The summed E-state index contributed by atoms with van der Waals surface area (Å²) in [5, 5.41) is 0. The zero-order valence-corrected chi connectivity index (χ0v) is 20.6. The maximum Gasteiger partial charge on any atom is 0.223 e. The largest absolute Gasteiger partial charge is 0.340 e. The van der Waals surface area contributed by atoms with E-state index in [-0.39, 0.29) is 24.1 Å². The Morgan fingerprint density at radius 1 is 1.03 bits per heavy atom. The molecule has 5 nitrogen and oxygen atoms in total. The molecule has 0 spiro atoms. The molecule has 0 bridgehead atoms. The number of halogens is 1. The fourth-order valence-electron chi connectivity index (χ4n) is 4.86. The highest BCUT2D eigenvalue weighted by atomic mass is 19.1. The van der Waals surface area contributed by atoms with E-state index in [0.29, 0.717) is 13.1 Å². The van der Waals surface area contributed by atoms with E-state index in [0.717, 1.165) is 42.1 Å². The van der Waals surface area contributed by atoms with Crippen LogP contribution in [0, 0.1) is 12.7 Å². The zero-order chi connectivity index (χ0) is 24.9. The van der Waals surface area contributed by atoms with Gasteiger partial charge in [0.1, 0.15) is 11.5 Å². The van der Waals surface area contributed by atoms with E-state index in [1.54, 1.807) is 6.07 Å². The van der Waals surface area contributed by atoms with Gasteiger partial charge < -0.3 is 9.30 Å². The number of nitrogens with zero attached hydrogens (tertiary/aromatic N) is 4. The molecule has 1 fully saturated rings. The molecule has 1 atom stereocenters. The fraction of sp³-hybridized carbons (Fsp3) is 0.267. The number of rotatable bonds is 7. The van der Waals surface area contributed by atoms with Crippen LogP contribution >= 0.6 is 0 Å². The van der Waals surface area contributed by atoms with Crippen LogP contribution in [-0.2, 0) is 4.79 Å². The highest BCUT2D eigenvalue weighted by molar-refractivity contribution is 5.78. The molecule has 2 aromatic heterocycles. The summed E-state index contributed by atoms with van der Waals surface area (Å²) in [6, 6.07) is 20.9. The van der Waals surface area contributed by atoms with E-state index in [1.807, 2.05) is 65.0 Å². The van der Waals surface area contributed by atoms with Crippen LogP contribution in [0.3, 0.4) is 0 Å². The Bertz CT molecular complexity index is 1360. The number of amides is 1. The molecular weight excluding hydrogens is 451 g/mol. The Hall–Kier alpha value is -3.77. The van der Waals surface area contributed by atoms with Crippen LogP contribution in [0.2, 0.25) is 0 Å². The van der Waals surface area contributed by atoms with Gasteiger partial charge >= 0.3 is 0 Å². The summed E-state index contributed by atoms with van der Waals surface area (Å²) in [4.78, 5) is 22.3. The number of imidazole rings is 1. The van der Waals surface area contributed by atoms with E-state index in [4.69, 9.17) is 0 Å². The number of hydrogen-bond acceptors (Lipinski definition) is 3. The molecule has 0 saturated carbocycles. The quantitative estimate of drug-likeness (QED) is 0.365. The minimum atomic E-state index is -0.299. The number of benzene rings is 2. The fourth-order valence-corrected chi connectivity index (χ4v) is 4.86. The van der Waals surface area contributed by atoms with E-state index >= 15 is 0 Å². The predicted octanol–water partition coefficient (Wildman–Crippen LogP) is 5.16. The van der Waals surface area contributed by atoms with Crippen molar-refractivity contribution in [3.63, 3.8) is 0 Å². The van der Waals surface area contributed by atoms with Crippen molar-refractivity contribution in [1.29, 1.82) is 0 Å². The maximum absolute atomic E-state index is 14.2. The topological polar surface area (TPSA) is 40.9 Å². The lowest BCUT2D eigenvalue weighted by Gasteiger charge is -2.35. The summed E-state index contributed by atoms with van der Waals surface area (Å²) in [7, 11) is 0. The molecule has 0 radical (unpaired) electrons. The van der Waals surface area contributed by atoms with Crippen molar-refractivity contribution in [1.82, 2.24) is 19.2 Å². The van der Waals surface area contributed by atoms with Crippen molar-refractivity contribution < 1.29 is 9.18 Å². The Balaban J connectivity index is 1.27. The highest BCUT2D eigenvalue weighted by Crippen LogP contribution is 2.30. The second-order valence-corrected chi connectivity index (χ2v) is 9.42. The molecule has 36 heavy (non-hydrogen) atoms. The van der Waals surface area contributed by atoms with Crippen LogP contribution in [-0.4, -0.2) is 57.8 Å². The first-order chi connectivity index (χ1) is 17.6. The van der Waals surface area contributed by atoms with Crippen LogP contribution in [0.15, 0.2) is 85.2 Å². The molecule has 4 aromatic rings. The minimum absolute atomic E-state index is 0.0887. The molecule has 1 unspecified atom stereocenters. The Kier molecular flexibility index (Phi) is 7.23. The molecule has 1 aliphatic heterocycles. The van der Waals surface area contributed by atoms with Crippen molar-refractivity contribution in [2.45, 2.75) is 19.3 Å². The number of carbonyl (C=O) groups excluding carboxylic acids is 1. The Morgan fingerprint density at radius 2 is 1.83 bits per heavy atom. The SMILES string of the molecule is Cc1ccn2c(C(CC(=O)N3CCN(C/C=C/c4ccccc4)CC3)c3cccc(F)c3)cnc2c1. The first-order valence-electron chi connectivity index (χ1n) is 12.5. The van der Waals surface area contributed by atoms with Gasteiger partial charge in [0, 0.05) is 57.5 Å². The van der Waals surface area contributed by atoms with Crippen LogP contribution in [0.1, 0.15) is 34.7 Å². The van der Waals surface area contributed by atoms with Gasteiger partial charge in [-0.05, 0) is 47.9 Å². The summed E-state index contributed by atoms with van der Waals surface area (Å²) in [5.74, 6) is -0.490. The summed E-state index contributed by atoms with van der Waals surface area (Å²) >= 11 is 0. The second kappa shape index (κ2) is 10.9. The van der Waals surface area contributed by atoms with E-state index in [2.05, 4.69) is 34.2 Å². The lowest BCUT2D eigenvalue weighted by Crippen LogP contribution is -2.48. The molecule has 5 rings (SSSR count). The molecular formula is C30H31FN4O. The molecule has 0 N–H and O–H groups in total. The monoisotopic (exact) mass is 482 g/mol. The van der Waals surface area contributed by atoms with E-state index in [9.17, 15) is 9.18 Å². The maximum atomic E-state index is 14.2. The Morgan fingerprint density at radius 3 is 2.61 bits per heavy atom. The first-order valence-corrected chi connectivity index (χ1v) is 12.5. The van der Waals surface area contributed by atoms with Gasteiger partial charge in [0.25, 0.3) is 0 Å². The zero-order valence-electron chi connectivity index (χ0n) is 20.6. The van der Waals surface area contributed by atoms with Crippen molar-refractivity contribution in [2.75, 3.05) is 32.7 Å². The predicted molar refractivity (Wildman–Crippen MR) is 141 cm³/mol. The molecule has 1 amide bonds. The standard InChI is InChI=1S/C30H31FN4O/c1-23-12-14-35-28(22-32-29(35)19-23)27(25-10-5-11-26(31)20-25)21-30(36)34-17-15-33(16-18-34)13-6-9-24-7-3-2-4-8-24/h2-12,14,19-20,22,27H,13,15-18,21H2,1H3/b9-6+. The summed E-state index contributed by atoms with van der Waals surface area (Å²) in [6.07, 6.45) is 8.39. The van der Waals surface area contributed by atoms with Gasteiger partial charge in [-0.1, -0.05) is 54.6 Å². The molecule has 1 saturated heterocycles. The van der Waals surface area contributed by atoms with Gasteiger partial charge in [-0.25, -0.2) is 9.37 Å². The van der Waals surface area contributed by atoms with Crippen molar-refractivity contribution >= 4 is 17.6 Å². The average molecular weight is 483 g/mol. The van der Waals surface area contributed by atoms with Gasteiger partial charge in [-0.15, -0.1) is 0 Å². The van der Waals surface area contributed by atoms with Gasteiger partial charge in [0.15, 0.2) is 0 Å². The van der Waals surface area contributed by atoms with Gasteiger partial charge in [0.2, 0.25) is 5.91 Å². The summed E-state index contributed by atoms with van der Waals surface area (Å²) < 4.78 is 16.2. The van der Waals surface area contributed by atoms with Crippen LogP contribution in [0.5, 0.6) is 0 Å². The highest BCUT2D eigenvalue weighted by Gasteiger charge is 2.27. The molecule has 0 aliphatic carbocycles. The molecule has 3 heterocycles. The third-order valence-corrected chi connectivity index (χ3v) is 6.88. The van der Waals surface area contributed by atoms with Crippen LogP contribution in [0.25, 0.3) is 11.7 Å². The van der Waals surface area contributed by atoms with Crippen LogP contribution in [0.4, 0.5) is 4.39 Å². The number of aryl methyl sites for hydroxylation is 1. The van der Waals surface area contributed by atoms with Gasteiger partial charge in [-0.3, -0.25) is 9.69 Å². The smallest absolute Gasteiger partial charge is 0.223 e. The lowest BCUT2D eigenvalue weighted by atomic mass is 9.92. The summed E-state index contributed by atoms with van der Waals surface area (Å²) in [5.41, 5.74) is 4.83. The first kappa shape index (κ1) is 23.9. The normalized spacial score (nSPS) is 15.6. The minimum Gasteiger partial charge on any atom is -0.340 e. The van der Waals surface area contributed by atoms with Crippen molar-refractivity contribution in [2.24, 2.45) is 0 Å². The van der Waals surface area contributed by atoms with E-state index in [1.165, 1.54) is 17.7 Å². The number of carbonyl (C=O) groups is 1. The summed E-state index contributed by atoms with van der Waals surface area (Å²) in [6.45, 7) is 5.96. The van der Waals surface area contributed by atoms with Gasteiger partial charge in [0.05, 0.1) is 5.69 Å². The number of fused-ring (bicyclic) bond motifs is 1. The lowest BCUT2D eigenvalue weighted by molar-refractivity contribution is -0.133. The molecule has 2 aromatic carbocycles. The van der Waals surface area contributed by atoms with Gasteiger partial charge in [-0.2, -0.15) is 0 Å². The Labute approximate surface area is 211 Å². The average Bonchev–Trinajstić information content (AvgIpc) is 3.31. The molecule has 1 aliphatic rings. The van der Waals surface area contributed by atoms with Crippen LogP contribution < -0.4 is 0 Å². The van der Waals surface area contributed by atoms with E-state index < -0.39 is 0 Å². The van der Waals surface area contributed by atoms with Crippen molar-refractivity contribution in [3.8, 4) is 0 Å². The number of piperazine rings is 1.